The van der Waals surface area contributed by atoms with Crippen molar-refractivity contribution in [1.29, 1.82) is 5.26 Å². The number of benzene rings is 2. The van der Waals surface area contributed by atoms with Crippen molar-refractivity contribution < 1.29 is 4.74 Å². The molecular weight excluding hydrogens is 358 g/mol. The van der Waals surface area contributed by atoms with Crippen LogP contribution in [0.1, 0.15) is 48.3 Å². The summed E-state index contributed by atoms with van der Waals surface area (Å²) >= 11 is 0. The van der Waals surface area contributed by atoms with Gasteiger partial charge in [-0.15, -0.1) is 0 Å². The van der Waals surface area contributed by atoms with Crippen molar-refractivity contribution in [2.45, 2.75) is 55.8 Å². The van der Waals surface area contributed by atoms with Crippen LogP contribution in [0.15, 0.2) is 54.6 Å². The number of hydrogen-bond donors (Lipinski definition) is 1. The molecule has 2 aromatic rings. The Morgan fingerprint density at radius 2 is 1.83 bits per heavy atom. The lowest BCUT2D eigenvalue weighted by Crippen LogP contribution is -2.44. The minimum absolute atomic E-state index is 0.0793. The Kier molecular flexibility index (Phi) is 5.13. The summed E-state index contributed by atoms with van der Waals surface area (Å²) in [5.41, 5.74) is 3.56. The average molecular weight is 388 g/mol. The van der Waals surface area contributed by atoms with Crippen LogP contribution < -0.4 is 5.32 Å². The van der Waals surface area contributed by atoms with E-state index in [-0.39, 0.29) is 5.60 Å². The maximum atomic E-state index is 8.94. The van der Waals surface area contributed by atoms with Crippen molar-refractivity contribution in [3.8, 4) is 6.07 Å². The Morgan fingerprint density at radius 3 is 2.55 bits per heavy atom. The first-order valence-corrected chi connectivity index (χ1v) is 10.9. The van der Waals surface area contributed by atoms with E-state index in [9.17, 15) is 0 Å². The van der Waals surface area contributed by atoms with Crippen LogP contribution in [0.25, 0.3) is 0 Å². The number of rotatable bonds is 5. The van der Waals surface area contributed by atoms with Crippen LogP contribution in [0.5, 0.6) is 0 Å². The number of nitrogens with zero attached hydrogens (tertiary/aromatic N) is 2. The van der Waals surface area contributed by atoms with Crippen molar-refractivity contribution in [3.63, 3.8) is 0 Å². The summed E-state index contributed by atoms with van der Waals surface area (Å²) < 4.78 is 6.37. The van der Waals surface area contributed by atoms with E-state index in [1.54, 1.807) is 0 Å². The maximum absolute atomic E-state index is 8.94. The third-order valence-corrected chi connectivity index (χ3v) is 6.93. The van der Waals surface area contributed by atoms with Crippen molar-refractivity contribution in [2.75, 3.05) is 19.7 Å². The number of hydrogen-bond acceptors (Lipinski definition) is 4. The first-order valence-electron chi connectivity index (χ1n) is 10.9. The van der Waals surface area contributed by atoms with E-state index in [0.717, 1.165) is 51.1 Å². The fourth-order valence-electron chi connectivity index (χ4n) is 5.11. The van der Waals surface area contributed by atoms with Gasteiger partial charge in [0.1, 0.15) is 0 Å². The topological polar surface area (TPSA) is 48.3 Å². The van der Waals surface area contributed by atoms with Crippen molar-refractivity contribution >= 4 is 0 Å². The van der Waals surface area contributed by atoms with E-state index in [4.69, 9.17) is 10.00 Å². The molecule has 3 aliphatic rings. The lowest BCUT2D eigenvalue weighted by atomic mass is 9.87. The highest BCUT2D eigenvalue weighted by Gasteiger charge is 2.46. The molecule has 1 aliphatic carbocycles. The predicted molar refractivity (Wildman–Crippen MR) is 113 cm³/mol. The summed E-state index contributed by atoms with van der Waals surface area (Å²) in [6, 6.07) is 22.2. The molecular formula is C25H29N3O. The van der Waals surface area contributed by atoms with Crippen LogP contribution in [0.2, 0.25) is 0 Å². The first kappa shape index (κ1) is 18.8. The molecule has 3 atom stereocenters. The van der Waals surface area contributed by atoms with Gasteiger partial charge < -0.3 is 10.1 Å². The number of likely N-dealkylation sites (tertiary alicyclic amines) is 1. The second kappa shape index (κ2) is 7.91. The maximum Gasteiger partial charge on any atom is 0.0991 e. The zero-order valence-corrected chi connectivity index (χ0v) is 16.9. The van der Waals surface area contributed by atoms with Crippen LogP contribution >= 0.6 is 0 Å². The quantitative estimate of drug-likeness (QED) is 0.847. The number of ether oxygens (including phenoxy) is 1. The lowest BCUT2D eigenvalue weighted by Gasteiger charge is -2.38. The number of nitrogens with one attached hydrogen (secondary N) is 1. The Hall–Kier alpha value is -2.19. The molecule has 2 aromatic carbocycles. The van der Waals surface area contributed by atoms with E-state index in [0.29, 0.717) is 18.0 Å². The van der Waals surface area contributed by atoms with Gasteiger partial charge in [0, 0.05) is 37.6 Å². The van der Waals surface area contributed by atoms with Crippen LogP contribution in [-0.2, 0) is 11.3 Å². The zero-order valence-electron chi connectivity index (χ0n) is 16.9. The lowest BCUT2D eigenvalue weighted by molar-refractivity contribution is -0.0449. The smallest absolute Gasteiger partial charge is 0.0991 e. The fourth-order valence-corrected chi connectivity index (χ4v) is 5.11. The first-order chi connectivity index (χ1) is 14.2. The van der Waals surface area contributed by atoms with Gasteiger partial charge in [-0.1, -0.05) is 42.5 Å². The molecule has 1 N–H and O–H groups in total. The molecule has 1 spiro atoms. The summed E-state index contributed by atoms with van der Waals surface area (Å²) in [7, 11) is 0. The molecule has 4 nitrogen and oxygen atoms in total. The molecule has 4 heteroatoms. The van der Waals surface area contributed by atoms with Gasteiger partial charge in [0.25, 0.3) is 0 Å². The highest BCUT2D eigenvalue weighted by atomic mass is 16.5. The molecule has 2 aliphatic heterocycles. The summed E-state index contributed by atoms with van der Waals surface area (Å²) in [5, 5.41) is 12.8. The average Bonchev–Trinajstić information content (AvgIpc) is 3.43. The zero-order chi connectivity index (χ0) is 19.7. The third-order valence-electron chi connectivity index (χ3n) is 6.93. The van der Waals surface area contributed by atoms with Gasteiger partial charge in [-0.25, -0.2) is 0 Å². The summed E-state index contributed by atoms with van der Waals surface area (Å²) in [4.78, 5) is 2.52. The molecule has 150 valence electrons. The molecule has 2 saturated heterocycles. The Morgan fingerprint density at radius 1 is 1.07 bits per heavy atom. The molecule has 29 heavy (non-hydrogen) atoms. The van der Waals surface area contributed by atoms with E-state index in [2.05, 4.69) is 58.8 Å². The van der Waals surface area contributed by atoms with E-state index in [1.165, 1.54) is 17.5 Å². The van der Waals surface area contributed by atoms with E-state index in [1.807, 2.05) is 12.1 Å². The molecule has 0 aromatic heterocycles. The van der Waals surface area contributed by atoms with Crippen LogP contribution in [0.4, 0.5) is 0 Å². The van der Waals surface area contributed by atoms with Crippen LogP contribution in [0.3, 0.4) is 0 Å². The van der Waals surface area contributed by atoms with Gasteiger partial charge in [-0.2, -0.15) is 5.26 Å². The standard InChI is InChI=1S/C25H29N3O/c26-16-19-6-8-20(9-7-19)17-28-12-10-25(11-13-28)15-22(18-29-25)27-24-14-23(24)21-4-2-1-3-5-21/h1-9,22-24,27H,10-15,17-18H2/t22?,23-,24?/m0/s1. The predicted octanol–water partition coefficient (Wildman–Crippen LogP) is 3.83. The summed E-state index contributed by atoms with van der Waals surface area (Å²) in [6.45, 7) is 3.99. The Bertz CT molecular complexity index is 865. The van der Waals surface area contributed by atoms with Crippen molar-refractivity contribution in [2.24, 2.45) is 0 Å². The van der Waals surface area contributed by atoms with E-state index >= 15 is 0 Å². The molecule has 2 unspecified atom stereocenters. The minimum Gasteiger partial charge on any atom is -0.373 e. The Labute approximate surface area is 173 Å². The largest absolute Gasteiger partial charge is 0.373 e. The normalized spacial score (nSPS) is 28.3. The highest BCUT2D eigenvalue weighted by molar-refractivity contribution is 5.31. The third kappa shape index (κ3) is 4.23. The van der Waals surface area contributed by atoms with Crippen molar-refractivity contribution in [1.82, 2.24) is 10.2 Å². The fraction of sp³-hybridized carbons (Fsp3) is 0.480. The van der Waals surface area contributed by atoms with Gasteiger partial charge in [-0.05, 0) is 48.9 Å². The van der Waals surface area contributed by atoms with Crippen LogP contribution in [0, 0.1) is 11.3 Å². The van der Waals surface area contributed by atoms with Gasteiger partial charge in [0.2, 0.25) is 0 Å². The summed E-state index contributed by atoms with van der Waals surface area (Å²) in [6.07, 6.45) is 4.64. The minimum atomic E-state index is 0.0793. The second-order valence-electron chi connectivity index (χ2n) is 9.01. The molecule has 0 bridgehead atoms. The second-order valence-corrected chi connectivity index (χ2v) is 9.01. The number of nitriles is 1. The summed E-state index contributed by atoms with van der Waals surface area (Å²) in [5.74, 6) is 0.682. The van der Waals surface area contributed by atoms with Gasteiger partial charge >= 0.3 is 0 Å². The monoisotopic (exact) mass is 387 g/mol. The SMILES string of the molecule is N#Cc1ccc(CN2CCC3(CC2)CC(NC2C[C@H]2c2ccccc2)CO3)cc1. The van der Waals surface area contributed by atoms with Gasteiger partial charge in [0.05, 0.1) is 23.8 Å². The van der Waals surface area contributed by atoms with Gasteiger partial charge in [0.15, 0.2) is 0 Å². The molecule has 0 amide bonds. The molecule has 0 radical (unpaired) electrons. The number of piperidine rings is 1. The molecule has 5 rings (SSSR count). The van der Waals surface area contributed by atoms with Crippen LogP contribution in [-0.4, -0.2) is 42.3 Å². The van der Waals surface area contributed by atoms with E-state index < -0.39 is 0 Å². The highest BCUT2D eigenvalue weighted by Crippen LogP contribution is 2.43. The van der Waals surface area contributed by atoms with Crippen molar-refractivity contribution in [3.05, 3.63) is 71.3 Å². The molecule has 3 fully saturated rings. The Balaban J connectivity index is 1.09. The van der Waals surface area contributed by atoms with Gasteiger partial charge in [-0.3, -0.25) is 4.90 Å². The molecule has 1 saturated carbocycles. The molecule has 2 heterocycles.